The number of amides is 1. The van der Waals surface area contributed by atoms with Crippen molar-refractivity contribution in [1.82, 2.24) is 0 Å². The van der Waals surface area contributed by atoms with Crippen LogP contribution in [0.15, 0.2) is 52.3 Å². The first-order valence-electron chi connectivity index (χ1n) is 8.72. The number of hydrogen-bond donors (Lipinski definition) is 1. The third-order valence-corrected chi connectivity index (χ3v) is 6.94. The SMILES string of the molecule is CC(=O)N1c2ccc(S(=O)(=O)Nc3ccccc3SCC(F)(F)F)cc2CC1C. The van der Waals surface area contributed by atoms with E-state index in [1.165, 1.54) is 31.2 Å². The molecule has 156 valence electrons. The minimum atomic E-state index is -4.37. The molecule has 1 amide bonds. The number of anilines is 2. The molecule has 0 saturated heterocycles. The molecule has 0 saturated carbocycles. The van der Waals surface area contributed by atoms with Gasteiger partial charge in [0.25, 0.3) is 10.0 Å². The summed E-state index contributed by atoms with van der Waals surface area (Å²) in [7, 11) is -4.01. The molecular weight excluding hydrogens is 425 g/mol. The van der Waals surface area contributed by atoms with Crippen LogP contribution in [0.3, 0.4) is 0 Å². The molecule has 2 aromatic carbocycles. The van der Waals surface area contributed by atoms with Crippen molar-refractivity contribution in [1.29, 1.82) is 0 Å². The first-order valence-corrected chi connectivity index (χ1v) is 11.2. The zero-order chi connectivity index (χ0) is 21.4. The van der Waals surface area contributed by atoms with Crippen LogP contribution in [0, 0.1) is 0 Å². The van der Waals surface area contributed by atoms with E-state index in [1.54, 1.807) is 23.1 Å². The molecule has 0 aromatic heterocycles. The van der Waals surface area contributed by atoms with Crippen molar-refractivity contribution in [3.8, 4) is 0 Å². The fourth-order valence-electron chi connectivity index (χ4n) is 3.29. The Morgan fingerprint density at radius 2 is 1.93 bits per heavy atom. The minimum absolute atomic E-state index is 0.00974. The topological polar surface area (TPSA) is 66.5 Å². The molecule has 1 atom stereocenters. The first-order chi connectivity index (χ1) is 13.5. The molecule has 1 N–H and O–H groups in total. The van der Waals surface area contributed by atoms with Crippen LogP contribution in [0.2, 0.25) is 0 Å². The summed E-state index contributed by atoms with van der Waals surface area (Å²) in [5.74, 6) is -1.25. The summed E-state index contributed by atoms with van der Waals surface area (Å²) in [5.41, 5.74) is 1.49. The van der Waals surface area contributed by atoms with Gasteiger partial charge in [-0.2, -0.15) is 13.2 Å². The highest BCUT2D eigenvalue weighted by Crippen LogP contribution is 2.36. The number of carbonyl (C=O) groups excluding carboxylic acids is 1. The Morgan fingerprint density at radius 1 is 1.24 bits per heavy atom. The monoisotopic (exact) mass is 444 g/mol. The largest absolute Gasteiger partial charge is 0.398 e. The number of thioether (sulfide) groups is 1. The molecule has 0 spiro atoms. The molecule has 10 heteroatoms. The summed E-state index contributed by atoms with van der Waals surface area (Å²) in [6.45, 7) is 3.33. The van der Waals surface area contributed by atoms with Gasteiger partial charge in [-0.25, -0.2) is 8.42 Å². The van der Waals surface area contributed by atoms with Crippen LogP contribution in [0.4, 0.5) is 24.5 Å². The van der Waals surface area contributed by atoms with Gasteiger partial charge in [0, 0.05) is 23.5 Å². The van der Waals surface area contributed by atoms with Crippen molar-refractivity contribution < 1.29 is 26.4 Å². The van der Waals surface area contributed by atoms with E-state index < -0.39 is 22.0 Å². The number of benzene rings is 2. The number of fused-ring (bicyclic) bond motifs is 1. The lowest BCUT2D eigenvalue weighted by molar-refractivity contribution is -0.116. The van der Waals surface area contributed by atoms with Crippen LogP contribution >= 0.6 is 11.8 Å². The zero-order valence-corrected chi connectivity index (χ0v) is 17.3. The van der Waals surface area contributed by atoms with Gasteiger partial charge >= 0.3 is 6.18 Å². The van der Waals surface area contributed by atoms with Crippen LogP contribution in [0.1, 0.15) is 19.4 Å². The van der Waals surface area contributed by atoms with Crippen LogP contribution in [0.25, 0.3) is 0 Å². The van der Waals surface area contributed by atoms with E-state index in [9.17, 15) is 26.4 Å². The number of nitrogens with zero attached hydrogens (tertiary/aromatic N) is 1. The van der Waals surface area contributed by atoms with Gasteiger partial charge in [0.2, 0.25) is 5.91 Å². The van der Waals surface area contributed by atoms with Crippen molar-refractivity contribution in [2.45, 2.75) is 42.3 Å². The average molecular weight is 445 g/mol. The number of sulfonamides is 1. The predicted molar refractivity (Wildman–Crippen MR) is 107 cm³/mol. The van der Waals surface area contributed by atoms with Crippen LogP contribution in [-0.2, 0) is 21.2 Å². The van der Waals surface area contributed by atoms with Crippen molar-refractivity contribution >= 4 is 39.1 Å². The predicted octanol–water partition coefficient (Wildman–Crippen LogP) is 4.44. The second-order valence-electron chi connectivity index (χ2n) is 6.74. The summed E-state index contributed by atoms with van der Waals surface area (Å²) >= 11 is 0.518. The van der Waals surface area contributed by atoms with Gasteiger partial charge in [0.1, 0.15) is 0 Å². The molecule has 0 radical (unpaired) electrons. The molecule has 5 nitrogen and oxygen atoms in total. The minimum Gasteiger partial charge on any atom is -0.309 e. The Morgan fingerprint density at radius 3 is 2.59 bits per heavy atom. The number of alkyl halides is 3. The van der Waals surface area contributed by atoms with Gasteiger partial charge in [0.15, 0.2) is 0 Å². The van der Waals surface area contributed by atoms with Crippen LogP contribution in [-0.4, -0.2) is 32.3 Å². The van der Waals surface area contributed by atoms with E-state index in [-0.39, 0.29) is 27.4 Å². The maximum Gasteiger partial charge on any atom is 0.398 e. The molecular formula is C19H19F3N2O3S2. The van der Waals surface area contributed by atoms with Gasteiger partial charge < -0.3 is 4.90 Å². The molecule has 29 heavy (non-hydrogen) atoms. The van der Waals surface area contributed by atoms with Gasteiger partial charge in [-0.15, -0.1) is 11.8 Å². The summed E-state index contributed by atoms with van der Waals surface area (Å²) in [4.78, 5) is 13.6. The molecule has 0 bridgehead atoms. The van der Waals surface area contributed by atoms with Gasteiger partial charge in [-0.1, -0.05) is 12.1 Å². The normalized spacial score (nSPS) is 16.6. The van der Waals surface area contributed by atoms with Crippen LogP contribution < -0.4 is 9.62 Å². The highest BCUT2D eigenvalue weighted by Gasteiger charge is 2.31. The van der Waals surface area contributed by atoms with Crippen molar-refractivity contribution in [2.75, 3.05) is 15.4 Å². The smallest absolute Gasteiger partial charge is 0.309 e. The average Bonchev–Trinajstić information content (AvgIpc) is 2.95. The van der Waals surface area contributed by atoms with Crippen LogP contribution in [0.5, 0.6) is 0 Å². The molecule has 1 aliphatic rings. The summed E-state index contributed by atoms with van der Waals surface area (Å²) < 4.78 is 65.6. The summed E-state index contributed by atoms with van der Waals surface area (Å²) in [6.07, 6.45) is -3.84. The zero-order valence-electron chi connectivity index (χ0n) is 15.7. The summed E-state index contributed by atoms with van der Waals surface area (Å²) in [6, 6.07) is 10.3. The van der Waals surface area contributed by atoms with Gasteiger partial charge in [-0.05, 0) is 49.2 Å². The van der Waals surface area contributed by atoms with E-state index in [4.69, 9.17) is 0 Å². The van der Waals surface area contributed by atoms with Gasteiger partial charge in [-0.3, -0.25) is 9.52 Å². The molecule has 0 fully saturated rings. The quantitative estimate of drug-likeness (QED) is 0.693. The van der Waals surface area contributed by atoms with Crippen molar-refractivity contribution in [2.24, 2.45) is 0 Å². The van der Waals surface area contributed by atoms with Gasteiger partial charge in [0.05, 0.1) is 16.3 Å². The maximum absolute atomic E-state index is 12.8. The third-order valence-electron chi connectivity index (χ3n) is 4.44. The van der Waals surface area contributed by atoms with E-state index in [0.717, 1.165) is 5.56 Å². The second-order valence-corrected chi connectivity index (χ2v) is 9.44. The lowest BCUT2D eigenvalue weighted by atomic mass is 10.1. The number of para-hydroxylation sites is 1. The number of hydrogen-bond acceptors (Lipinski definition) is 4. The standard InChI is InChI=1S/C19H19F3N2O3S2/c1-12-9-14-10-15(7-8-17(14)24(12)13(2)25)29(26,27)23-16-5-3-4-6-18(16)28-11-19(20,21)22/h3-8,10,12,23H,9,11H2,1-2H3. The van der Waals surface area contributed by atoms with Crippen molar-refractivity contribution in [3.63, 3.8) is 0 Å². The molecule has 2 aromatic rings. The Bertz CT molecular complexity index is 1040. The number of rotatable bonds is 5. The molecule has 1 unspecified atom stereocenters. The molecule has 1 heterocycles. The Hall–Kier alpha value is -2.20. The maximum atomic E-state index is 12.8. The van der Waals surface area contributed by atoms with Crippen molar-refractivity contribution in [3.05, 3.63) is 48.0 Å². The Labute approximate surface area is 171 Å². The molecule has 0 aliphatic carbocycles. The van der Waals surface area contributed by atoms with E-state index in [2.05, 4.69) is 4.72 Å². The lowest BCUT2D eigenvalue weighted by Crippen LogP contribution is -2.33. The first kappa shape index (κ1) is 21.5. The second kappa shape index (κ2) is 7.91. The number of halogens is 3. The third kappa shape index (κ3) is 4.87. The van der Waals surface area contributed by atoms with E-state index >= 15 is 0 Å². The highest BCUT2D eigenvalue weighted by molar-refractivity contribution is 7.99. The highest BCUT2D eigenvalue weighted by atomic mass is 32.2. The van der Waals surface area contributed by atoms with E-state index in [0.29, 0.717) is 23.9 Å². The summed E-state index contributed by atoms with van der Waals surface area (Å²) in [5, 5.41) is 0. The molecule has 3 rings (SSSR count). The fraction of sp³-hybridized carbons (Fsp3) is 0.316. The molecule has 1 aliphatic heterocycles. The Kier molecular flexibility index (Phi) is 5.86. The fourth-order valence-corrected chi connectivity index (χ4v) is 5.26. The number of nitrogens with one attached hydrogen (secondary N) is 1. The van der Waals surface area contributed by atoms with E-state index in [1.807, 2.05) is 6.92 Å². The Balaban J connectivity index is 1.87. The lowest BCUT2D eigenvalue weighted by Gasteiger charge is -2.20. The number of carbonyl (C=O) groups is 1.